The molecular weight excluding hydrogens is 242 g/mol. The highest BCUT2D eigenvalue weighted by Crippen LogP contribution is 2.31. The molecule has 1 fully saturated rings. The maximum absolute atomic E-state index is 9.93. The minimum absolute atomic E-state index is 0.171. The number of aliphatic hydroxyl groups is 1. The van der Waals surface area contributed by atoms with Gasteiger partial charge in [-0.15, -0.1) is 0 Å². The molecule has 100 valence electrons. The summed E-state index contributed by atoms with van der Waals surface area (Å²) in [5.41, 5.74) is 0.949. The van der Waals surface area contributed by atoms with E-state index in [2.05, 4.69) is 36.5 Å². The maximum atomic E-state index is 9.93. The summed E-state index contributed by atoms with van der Waals surface area (Å²) in [7, 11) is 0. The van der Waals surface area contributed by atoms with Crippen LogP contribution in [-0.2, 0) is 5.54 Å². The molecule has 0 bridgehead atoms. The van der Waals surface area contributed by atoms with Crippen LogP contribution in [0.4, 0.5) is 0 Å². The Balaban J connectivity index is 2.13. The van der Waals surface area contributed by atoms with Gasteiger partial charge in [0.05, 0.1) is 12.1 Å². The molecule has 0 saturated heterocycles. The summed E-state index contributed by atoms with van der Waals surface area (Å²) in [6, 6.07) is 11.0. The van der Waals surface area contributed by atoms with Crippen molar-refractivity contribution in [3.8, 4) is 0 Å². The van der Waals surface area contributed by atoms with Crippen LogP contribution in [-0.4, -0.2) is 29.3 Å². The molecule has 0 aliphatic heterocycles. The monoisotopic (exact) mass is 265 g/mol. The molecule has 0 heterocycles. The number of nitrogens with one attached hydrogen (secondary N) is 1. The molecule has 0 radical (unpaired) electrons. The van der Waals surface area contributed by atoms with Gasteiger partial charge in [-0.1, -0.05) is 37.3 Å². The third-order valence-electron chi connectivity index (χ3n) is 3.35. The van der Waals surface area contributed by atoms with Crippen LogP contribution in [0.3, 0.4) is 0 Å². The van der Waals surface area contributed by atoms with Crippen molar-refractivity contribution in [1.82, 2.24) is 5.32 Å². The van der Waals surface area contributed by atoms with Crippen LogP contribution in [0.5, 0.6) is 0 Å². The molecular formula is C15H23NOS. The summed E-state index contributed by atoms with van der Waals surface area (Å²) in [5, 5.41) is 13.6. The van der Waals surface area contributed by atoms with E-state index in [9.17, 15) is 5.11 Å². The first-order chi connectivity index (χ1) is 8.80. The van der Waals surface area contributed by atoms with Gasteiger partial charge in [-0.25, -0.2) is 0 Å². The fraction of sp³-hybridized carbons (Fsp3) is 0.600. The Morgan fingerprint density at radius 2 is 2.06 bits per heavy atom. The van der Waals surface area contributed by atoms with Gasteiger partial charge in [0.1, 0.15) is 0 Å². The second-order valence-electron chi connectivity index (χ2n) is 5.08. The SMILES string of the molecule is CCCSCC(CO)(NC1CC1)c1ccccc1. The van der Waals surface area contributed by atoms with E-state index in [1.54, 1.807) is 0 Å². The molecule has 1 aromatic carbocycles. The number of hydrogen-bond donors (Lipinski definition) is 2. The van der Waals surface area contributed by atoms with E-state index in [1.165, 1.54) is 24.8 Å². The number of aliphatic hydroxyl groups excluding tert-OH is 1. The van der Waals surface area contributed by atoms with Crippen LogP contribution in [0.2, 0.25) is 0 Å². The largest absolute Gasteiger partial charge is 0.394 e. The molecule has 2 rings (SSSR count). The van der Waals surface area contributed by atoms with Crippen LogP contribution >= 0.6 is 11.8 Å². The molecule has 1 saturated carbocycles. The normalized spacial score (nSPS) is 18.6. The molecule has 0 spiro atoms. The van der Waals surface area contributed by atoms with Gasteiger partial charge in [-0.05, 0) is 30.6 Å². The maximum Gasteiger partial charge on any atom is 0.0762 e. The van der Waals surface area contributed by atoms with Crippen LogP contribution in [0.1, 0.15) is 31.7 Å². The summed E-state index contributed by atoms with van der Waals surface area (Å²) >= 11 is 1.93. The highest BCUT2D eigenvalue weighted by molar-refractivity contribution is 7.99. The van der Waals surface area contributed by atoms with E-state index in [0.29, 0.717) is 6.04 Å². The lowest BCUT2D eigenvalue weighted by Crippen LogP contribution is -2.49. The smallest absolute Gasteiger partial charge is 0.0762 e. The van der Waals surface area contributed by atoms with Gasteiger partial charge >= 0.3 is 0 Å². The van der Waals surface area contributed by atoms with Gasteiger partial charge in [0.25, 0.3) is 0 Å². The van der Waals surface area contributed by atoms with Gasteiger partial charge in [0.15, 0.2) is 0 Å². The lowest BCUT2D eigenvalue weighted by molar-refractivity contribution is 0.177. The molecule has 1 aromatic rings. The Bertz CT molecular complexity index is 353. The van der Waals surface area contributed by atoms with Gasteiger partial charge < -0.3 is 10.4 Å². The molecule has 2 N–H and O–H groups in total. The van der Waals surface area contributed by atoms with Crippen molar-refractivity contribution in [1.29, 1.82) is 0 Å². The van der Waals surface area contributed by atoms with Crippen LogP contribution in [0.15, 0.2) is 30.3 Å². The van der Waals surface area contributed by atoms with E-state index < -0.39 is 0 Å². The van der Waals surface area contributed by atoms with E-state index in [0.717, 1.165) is 11.5 Å². The predicted molar refractivity (Wildman–Crippen MR) is 79.0 cm³/mol. The number of hydrogen-bond acceptors (Lipinski definition) is 3. The average Bonchev–Trinajstić information content (AvgIpc) is 3.23. The van der Waals surface area contributed by atoms with Gasteiger partial charge in [0.2, 0.25) is 0 Å². The molecule has 1 aliphatic carbocycles. The molecule has 0 aromatic heterocycles. The molecule has 0 amide bonds. The fourth-order valence-corrected chi connectivity index (χ4v) is 3.28. The molecule has 1 atom stereocenters. The van der Waals surface area contributed by atoms with Crippen molar-refractivity contribution in [2.45, 2.75) is 37.8 Å². The lowest BCUT2D eigenvalue weighted by atomic mass is 9.92. The standard InChI is InChI=1S/C15H23NOS/c1-2-10-18-12-15(11-17,16-14-8-9-14)13-6-4-3-5-7-13/h3-7,14,16-17H,2,8-12H2,1H3. The average molecular weight is 265 g/mol. The summed E-state index contributed by atoms with van der Waals surface area (Å²) in [5.74, 6) is 2.10. The molecule has 2 nitrogen and oxygen atoms in total. The number of benzene rings is 1. The van der Waals surface area contributed by atoms with E-state index in [-0.39, 0.29) is 12.1 Å². The zero-order valence-electron chi connectivity index (χ0n) is 11.1. The summed E-state index contributed by atoms with van der Waals surface area (Å²) in [6.45, 7) is 2.37. The van der Waals surface area contributed by atoms with Crippen molar-refractivity contribution in [2.24, 2.45) is 0 Å². The summed E-state index contributed by atoms with van der Waals surface area (Å²) in [6.07, 6.45) is 3.67. The Hall–Kier alpha value is -0.510. The fourth-order valence-electron chi connectivity index (χ4n) is 2.16. The minimum atomic E-state index is -0.262. The second-order valence-corrected chi connectivity index (χ2v) is 6.18. The highest BCUT2D eigenvalue weighted by Gasteiger charge is 2.37. The number of thioether (sulfide) groups is 1. The topological polar surface area (TPSA) is 32.3 Å². The zero-order chi connectivity index (χ0) is 12.8. The van der Waals surface area contributed by atoms with Crippen molar-refractivity contribution >= 4 is 11.8 Å². The molecule has 1 aliphatic rings. The number of rotatable bonds is 8. The lowest BCUT2D eigenvalue weighted by Gasteiger charge is -2.34. The molecule has 1 unspecified atom stereocenters. The third kappa shape index (κ3) is 3.50. The first kappa shape index (κ1) is 13.9. The Kier molecular flexibility index (Phi) is 5.10. The van der Waals surface area contributed by atoms with Crippen LogP contribution in [0, 0.1) is 0 Å². The Morgan fingerprint density at radius 3 is 2.61 bits per heavy atom. The van der Waals surface area contributed by atoms with Gasteiger partial charge in [-0.3, -0.25) is 0 Å². The van der Waals surface area contributed by atoms with Crippen molar-refractivity contribution in [3.05, 3.63) is 35.9 Å². The van der Waals surface area contributed by atoms with Crippen LogP contribution in [0.25, 0.3) is 0 Å². The quantitative estimate of drug-likeness (QED) is 0.709. The highest BCUT2D eigenvalue weighted by atomic mass is 32.2. The van der Waals surface area contributed by atoms with E-state index >= 15 is 0 Å². The first-order valence-corrected chi connectivity index (χ1v) is 7.98. The summed E-state index contributed by atoms with van der Waals surface area (Å²) in [4.78, 5) is 0. The first-order valence-electron chi connectivity index (χ1n) is 6.82. The van der Waals surface area contributed by atoms with E-state index in [4.69, 9.17) is 0 Å². The zero-order valence-corrected chi connectivity index (χ0v) is 11.9. The molecule has 18 heavy (non-hydrogen) atoms. The van der Waals surface area contributed by atoms with Crippen molar-refractivity contribution in [2.75, 3.05) is 18.1 Å². The van der Waals surface area contributed by atoms with Crippen LogP contribution < -0.4 is 5.32 Å². The second kappa shape index (κ2) is 6.60. The van der Waals surface area contributed by atoms with Gasteiger partial charge in [0, 0.05) is 11.8 Å². The van der Waals surface area contributed by atoms with Gasteiger partial charge in [-0.2, -0.15) is 11.8 Å². The van der Waals surface area contributed by atoms with E-state index in [1.807, 2.05) is 17.8 Å². The predicted octanol–water partition coefficient (Wildman–Crippen LogP) is 2.77. The van der Waals surface area contributed by atoms with Crippen molar-refractivity contribution < 1.29 is 5.11 Å². The van der Waals surface area contributed by atoms with Crippen molar-refractivity contribution in [3.63, 3.8) is 0 Å². The minimum Gasteiger partial charge on any atom is -0.394 e. The Labute approximate surface area is 114 Å². The third-order valence-corrected chi connectivity index (χ3v) is 4.74. The summed E-state index contributed by atoms with van der Waals surface area (Å²) < 4.78 is 0. The Morgan fingerprint density at radius 1 is 1.33 bits per heavy atom. The molecule has 3 heteroatoms.